The summed E-state index contributed by atoms with van der Waals surface area (Å²) in [7, 11) is 1.57. The highest BCUT2D eigenvalue weighted by Gasteiger charge is 2.25. The highest BCUT2D eigenvalue weighted by Crippen LogP contribution is 2.29. The highest BCUT2D eigenvalue weighted by molar-refractivity contribution is 5.96. The molecule has 0 saturated carbocycles. The first-order valence-electron chi connectivity index (χ1n) is 8.70. The Labute approximate surface area is 163 Å². The largest absolute Gasteiger partial charge is 0.497 e. The maximum Gasteiger partial charge on any atom is 0.332 e. The molecular formula is C21H23NO6. The molecule has 0 amide bonds. The van der Waals surface area contributed by atoms with Gasteiger partial charge in [0.05, 0.1) is 12.7 Å². The van der Waals surface area contributed by atoms with Crippen LogP contribution in [0.2, 0.25) is 0 Å². The summed E-state index contributed by atoms with van der Waals surface area (Å²) in [5.41, 5.74) is 3.41. The topological polar surface area (TPSA) is 105 Å². The number of aliphatic carboxylic acids is 2. The number of ether oxygens (including phenoxy) is 1. The van der Waals surface area contributed by atoms with Crippen LogP contribution >= 0.6 is 0 Å². The number of carbonyl (C=O) groups is 2. The van der Waals surface area contributed by atoms with E-state index in [1.54, 1.807) is 55.6 Å². The summed E-state index contributed by atoms with van der Waals surface area (Å²) < 4.78 is 5.09. The van der Waals surface area contributed by atoms with Gasteiger partial charge < -0.3 is 19.8 Å². The van der Waals surface area contributed by atoms with Crippen molar-refractivity contribution in [2.45, 2.75) is 25.3 Å². The third-order valence-corrected chi connectivity index (χ3v) is 4.13. The van der Waals surface area contributed by atoms with E-state index in [-0.39, 0.29) is 11.6 Å². The van der Waals surface area contributed by atoms with Crippen molar-refractivity contribution in [1.82, 2.24) is 5.48 Å². The molecule has 0 radical (unpaired) electrons. The predicted molar refractivity (Wildman–Crippen MR) is 103 cm³/mol. The number of methoxy groups -OCH3 is 1. The second kappa shape index (κ2) is 10.1. The Morgan fingerprint density at radius 3 is 2.18 bits per heavy atom. The van der Waals surface area contributed by atoms with Crippen molar-refractivity contribution >= 4 is 11.9 Å². The van der Waals surface area contributed by atoms with Gasteiger partial charge >= 0.3 is 11.9 Å². The summed E-state index contributed by atoms with van der Waals surface area (Å²) in [4.78, 5) is 28.3. The van der Waals surface area contributed by atoms with E-state index < -0.39 is 17.9 Å². The first-order valence-corrected chi connectivity index (χ1v) is 8.70. The van der Waals surface area contributed by atoms with Gasteiger partial charge in [-0.3, -0.25) is 0 Å². The van der Waals surface area contributed by atoms with Crippen LogP contribution in [0.1, 0.15) is 24.8 Å². The van der Waals surface area contributed by atoms with Gasteiger partial charge in [-0.05, 0) is 43.2 Å². The third kappa shape index (κ3) is 6.14. The number of hydrogen-bond acceptors (Lipinski definition) is 5. The van der Waals surface area contributed by atoms with Crippen molar-refractivity contribution in [3.05, 3.63) is 71.8 Å². The quantitative estimate of drug-likeness (QED) is 0.426. The summed E-state index contributed by atoms with van der Waals surface area (Å²) in [6.07, 6.45) is 1.07. The highest BCUT2D eigenvalue weighted by atomic mass is 16.6. The van der Waals surface area contributed by atoms with E-state index in [1.165, 1.54) is 0 Å². The Morgan fingerprint density at radius 2 is 1.64 bits per heavy atom. The number of nitrogens with one attached hydrogen (secondary N) is 1. The van der Waals surface area contributed by atoms with E-state index in [0.717, 1.165) is 11.6 Å². The van der Waals surface area contributed by atoms with Crippen molar-refractivity contribution in [3.8, 4) is 11.5 Å². The van der Waals surface area contributed by atoms with E-state index in [1.807, 2.05) is 13.0 Å². The lowest BCUT2D eigenvalue weighted by molar-refractivity contribution is -0.135. The Morgan fingerprint density at radius 1 is 1.04 bits per heavy atom. The molecule has 7 nitrogen and oxygen atoms in total. The van der Waals surface area contributed by atoms with E-state index in [0.29, 0.717) is 17.9 Å². The Bertz CT molecular complexity index is 817. The minimum Gasteiger partial charge on any atom is -0.497 e. The molecule has 2 unspecified atom stereocenters. The molecule has 3 N–H and O–H groups in total. The molecule has 0 spiro atoms. The molecule has 0 aliphatic carbocycles. The average Bonchev–Trinajstić information content (AvgIpc) is 2.69. The summed E-state index contributed by atoms with van der Waals surface area (Å²) in [5.74, 6) is -1.90. The van der Waals surface area contributed by atoms with Crippen LogP contribution in [-0.4, -0.2) is 35.3 Å². The van der Waals surface area contributed by atoms with E-state index in [9.17, 15) is 14.7 Å². The fourth-order valence-corrected chi connectivity index (χ4v) is 2.79. The van der Waals surface area contributed by atoms with Crippen LogP contribution < -0.4 is 15.1 Å². The lowest BCUT2D eigenvalue weighted by Gasteiger charge is -2.23. The van der Waals surface area contributed by atoms with E-state index >= 15 is 0 Å². The Kier molecular flexibility index (Phi) is 7.59. The van der Waals surface area contributed by atoms with Gasteiger partial charge in [0, 0.05) is 18.0 Å². The molecule has 0 saturated heterocycles. The van der Waals surface area contributed by atoms with Crippen molar-refractivity contribution in [2.75, 3.05) is 7.11 Å². The molecular weight excluding hydrogens is 362 g/mol. The average molecular weight is 385 g/mol. The van der Waals surface area contributed by atoms with Gasteiger partial charge in [0.25, 0.3) is 0 Å². The smallest absolute Gasteiger partial charge is 0.332 e. The summed E-state index contributed by atoms with van der Waals surface area (Å²) >= 11 is 0. The second-order valence-corrected chi connectivity index (χ2v) is 6.24. The fraction of sp³-hybridized carbons (Fsp3) is 0.238. The molecule has 0 fully saturated rings. The molecule has 28 heavy (non-hydrogen) atoms. The zero-order chi connectivity index (χ0) is 20.5. The SMILES string of the molecule is COc1ccc(ONC(C)CC(C(=CC(=O)O)C(=O)O)c2ccccc2)cc1. The van der Waals surface area contributed by atoms with Crippen molar-refractivity contribution in [2.24, 2.45) is 0 Å². The standard InChI is InChI=1S/C21H23NO6/c1-14(22-28-17-10-8-16(27-2)9-11-17)12-18(15-6-4-3-5-7-15)19(21(25)26)13-20(23)24/h3-11,13-14,18,22H,12H2,1-2H3,(H,23,24)(H,25,26). The van der Waals surface area contributed by atoms with Gasteiger partial charge in [0.1, 0.15) is 11.5 Å². The fourth-order valence-electron chi connectivity index (χ4n) is 2.79. The maximum atomic E-state index is 11.7. The van der Waals surface area contributed by atoms with Gasteiger partial charge in [-0.1, -0.05) is 30.3 Å². The number of rotatable bonds is 10. The zero-order valence-electron chi connectivity index (χ0n) is 15.7. The first-order chi connectivity index (χ1) is 13.4. The summed E-state index contributed by atoms with van der Waals surface area (Å²) in [5, 5.41) is 18.6. The summed E-state index contributed by atoms with van der Waals surface area (Å²) in [6, 6.07) is 15.7. The van der Waals surface area contributed by atoms with Gasteiger partial charge in [-0.25, -0.2) is 9.59 Å². The van der Waals surface area contributed by atoms with Gasteiger partial charge in [-0.15, -0.1) is 0 Å². The van der Waals surface area contributed by atoms with E-state index in [4.69, 9.17) is 14.7 Å². The zero-order valence-corrected chi connectivity index (χ0v) is 15.7. The Balaban J connectivity index is 2.14. The number of hydrogen-bond donors (Lipinski definition) is 3. The predicted octanol–water partition coefficient (Wildman–Crippen LogP) is 3.24. The molecule has 0 heterocycles. The number of carboxylic acids is 2. The molecule has 148 valence electrons. The molecule has 2 atom stereocenters. The van der Waals surface area contributed by atoms with Crippen molar-refractivity contribution in [3.63, 3.8) is 0 Å². The molecule has 0 aromatic heterocycles. The Hall–Kier alpha value is -3.32. The molecule has 0 aliphatic heterocycles. The molecule has 0 bridgehead atoms. The summed E-state index contributed by atoms with van der Waals surface area (Å²) in [6.45, 7) is 1.83. The monoisotopic (exact) mass is 385 g/mol. The molecule has 0 aliphatic rings. The van der Waals surface area contributed by atoms with E-state index in [2.05, 4.69) is 5.48 Å². The van der Waals surface area contributed by atoms with Gasteiger partial charge in [0.15, 0.2) is 0 Å². The van der Waals surface area contributed by atoms with Crippen LogP contribution in [0.5, 0.6) is 11.5 Å². The third-order valence-electron chi connectivity index (χ3n) is 4.13. The van der Waals surface area contributed by atoms with Crippen LogP contribution in [0, 0.1) is 0 Å². The molecule has 2 rings (SSSR count). The first kappa shape index (κ1) is 21.0. The lowest BCUT2D eigenvalue weighted by atomic mass is 9.85. The van der Waals surface area contributed by atoms with Crippen molar-refractivity contribution < 1.29 is 29.4 Å². The van der Waals surface area contributed by atoms with Crippen LogP contribution in [-0.2, 0) is 9.59 Å². The number of hydroxylamine groups is 1. The molecule has 2 aromatic rings. The maximum absolute atomic E-state index is 11.7. The van der Waals surface area contributed by atoms with Crippen LogP contribution in [0.3, 0.4) is 0 Å². The van der Waals surface area contributed by atoms with Crippen LogP contribution in [0.25, 0.3) is 0 Å². The normalized spacial score (nSPS) is 13.4. The minimum atomic E-state index is -1.30. The second-order valence-electron chi connectivity index (χ2n) is 6.24. The molecule has 7 heteroatoms. The van der Waals surface area contributed by atoms with Crippen LogP contribution in [0.4, 0.5) is 0 Å². The lowest BCUT2D eigenvalue weighted by Crippen LogP contribution is -2.32. The van der Waals surface area contributed by atoms with Crippen LogP contribution in [0.15, 0.2) is 66.2 Å². The number of benzene rings is 2. The number of carboxylic acid groups (broad SMARTS) is 2. The van der Waals surface area contributed by atoms with Gasteiger partial charge in [0.2, 0.25) is 0 Å². The van der Waals surface area contributed by atoms with Crippen molar-refractivity contribution in [1.29, 1.82) is 0 Å². The minimum absolute atomic E-state index is 0.184. The van der Waals surface area contributed by atoms with Gasteiger partial charge in [-0.2, -0.15) is 5.48 Å². The molecule has 2 aromatic carbocycles.